The van der Waals surface area contributed by atoms with Gasteiger partial charge in [0.25, 0.3) is 0 Å². The van der Waals surface area contributed by atoms with Crippen LogP contribution >= 0.6 is 0 Å². The van der Waals surface area contributed by atoms with Crippen LogP contribution in [0.15, 0.2) is 11.3 Å². The lowest BCUT2D eigenvalue weighted by Gasteiger charge is -2.29. The van der Waals surface area contributed by atoms with Gasteiger partial charge in [0.1, 0.15) is 0 Å². The van der Waals surface area contributed by atoms with E-state index in [4.69, 9.17) is 0 Å². The molecule has 0 aliphatic heterocycles. The van der Waals surface area contributed by atoms with Gasteiger partial charge in [0.2, 0.25) is 0 Å². The van der Waals surface area contributed by atoms with Gasteiger partial charge in [-0.05, 0) is 30.3 Å². The van der Waals surface area contributed by atoms with E-state index in [1.165, 1.54) is 30.3 Å². The van der Waals surface area contributed by atoms with Crippen LogP contribution in [0.25, 0.3) is 0 Å². The summed E-state index contributed by atoms with van der Waals surface area (Å²) in [4.78, 5) is 0. The zero-order chi connectivity index (χ0) is 10.8. The zero-order valence-electron chi connectivity index (χ0n) is 10.6. The summed E-state index contributed by atoms with van der Waals surface area (Å²) in [5.74, 6) is 0. The summed E-state index contributed by atoms with van der Waals surface area (Å²) in [6.07, 6.45) is 19.7. The summed E-state index contributed by atoms with van der Waals surface area (Å²) >= 11 is 0. The molecule has 90 valence electrons. The first-order chi connectivity index (χ1) is 7.95. The minimum Gasteiger partial charge on any atom is -0.0895 e. The average Bonchev–Trinajstić information content (AvgIpc) is 3.02. The molecule has 3 rings (SSSR count). The summed E-state index contributed by atoms with van der Waals surface area (Å²) in [5.41, 5.74) is 2.43. The lowest BCUT2D eigenvalue weighted by atomic mass is 10.3. The molecule has 0 aromatic rings. The number of hydrogen-bond acceptors (Lipinski definition) is 0. The van der Waals surface area contributed by atoms with Gasteiger partial charge in [0, 0.05) is 0 Å². The number of rotatable bonds is 3. The molecule has 0 amide bonds. The van der Waals surface area contributed by atoms with Crippen LogP contribution in [0, 0.1) is 0 Å². The standard InChI is InChI=1S/C15H26Si/c1-2-8-13(7-1)16(14-9-3-4-10-14)15-11-5-6-12-15/h7,14-16H,1-6,8-12H2. The second-order valence-corrected chi connectivity index (χ2v) is 9.96. The summed E-state index contributed by atoms with van der Waals surface area (Å²) in [5, 5.41) is 2.03. The molecule has 0 radical (unpaired) electrons. The van der Waals surface area contributed by atoms with Crippen LogP contribution in [0.3, 0.4) is 0 Å². The molecular weight excluding hydrogens is 208 g/mol. The Morgan fingerprint density at radius 2 is 1.38 bits per heavy atom. The van der Waals surface area contributed by atoms with E-state index < -0.39 is 8.80 Å². The van der Waals surface area contributed by atoms with E-state index >= 15 is 0 Å². The van der Waals surface area contributed by atoms with Crippen molar-refractivity contribution in [2.24, 2.45) is 0 Å². The van der Waals surface area contributed by atoms with Crippen molar-refractivity contribution in [1.29, 1.82) is 0 Å². The molecule has 0 N–H and O–H groups in total. The van der Waals surface area contributed by atoms with Gasteiger partial charge in [0.15, 0.2) is 0 Å². The van der Waals surface area contributed by atoms with E-state index in [1.807, 2.05) is 5.20 Å². The van der Waals surface area contributed by atoms with Gasteiger partial charge in [-0.2, -0.15) is 0 Å². The SMILES string of the molecule is C1=C([SiH](C2CCCC2)C2CCCC2)CCC1. The van der Waals surface area contributed by atoms with E-state index in [2.05, 4.69) is 6.08 Å². The van der Waals surface area contributed by atoms with Crippen LogP contribution < -0.4 is 0 Å². The average molecular weight is 234 g/mol. The summed E-state index contributed by atoms with van der Waals surface area (Å²) in [6, 6.07) is 0. The summed E-state index contributed by atoms with van der Waals surface area (Å²) in [7, 11) is -0.530. The van der Waals surface area contributed by atoms with Gasteiger partial charge in [0.05, 0.1) is 8.80 Å². The smallest absolute Gasteiger partial charge is 0.0713 e. The third kappa shape index (κ3) is 2.16. The van der Waals surface area contributed by atoms with E-state index in [9.17, 15) is 0 Å². The fraction of sp³-hybridized carbons (Fsp3) is 0.867. The van der Waals surface area contributed by atoms with Gasteiger partial charge in [-0.15, -0.1) is 0 Å². The molecule has 3 aliphatic carbocycles. The maximum absolute atomic E-state index is 2.67. The maximum atomic E-state index is 2.67. The molecule has 16 heavy (non-hydrogen) atoms. The largest absolute Gasteiger partial charge is 0.0895 e. The predicted molar refractivity (Wildman–Crippen MR) is 73.5 cm³/mol. The van der Waals surface area contributed by atoms with E-state index in [1.54, 1.807) is 51.4 Å². The normalized spacial score (nSPS) is 28.2. The molecule has 0 heterocycles. The third-order valence-electron chi connectivity index (χ3n) is 5.32. The first kappa shape index (κ1) is 11.1. The van der Waals surface area contributed by atoms with E-state index in [0.717, 1.165) is 0 Å². The molecular formula is C15H26Si. The molecule has 0 aromatic carbocycles. The van der Waals surface area contributed by atoms with Crippen molar-refractivity contribution in [2.45, 2.75) is 81.7 Å². The van der Waals surface area contributed by atoms with Crippen LogP contribution in [0.5, 0.6) is 0 Å². The monoisotopic (exact) mass is 234 g/mol. The minimum absolute atomic E-state index is 0.530. The molecule has 0 bridgehead atoms. The fourth-order valence-electron chi connectivity index (χ4n) is 4.62. The van der Waals surface area contributed by atoms with Crippen molar-refractivity contribution < 1.29 is 0 Å². The van der Waals surface area contributed by atoms with Gasteiger partial charge in [-0.25, -0.2) is 0 Å². The first-order valence-corrected chi connectivity index (χ1v) is 9.55. The van der Waals surface area contributed by atoms with Crippen molar-refractivity contribution in [3.63, 3.8) is 0 Å². The van der Waals surface area contributed by atoms with Crippen molar-refractivity contribution in [1.82, 2.24) is 0 Å². The molecule has 2 fully saturated rings. The molecule has 0 atom stereocenters. The van der Waals surface area contributed by atoms with Gasteiger partial charge in [-0.1, -0.05) is 62.6 Å². The van der Waals surface area contributed by atoms with Crippen LogP contribution in [0.1, 0.15) is 70.6 Å². The molecule has 3 aliphatic rings. The quantitative estimate of drug-likeness (QED) is 0.618. The predicted octanol–water partition coefficient (Wildman–Crippen LogP) is 4.75. The van der Waals surface area contributed by atoms with Crippen molar-refractivity contribution >= 4 is 8.80 Å². The highest BCUT2D eigenvalue weighted by Crippen LogP contribution is 2.47. The molecule has 2 saturated carbocycles. The lowest BCUT2D eigenvalue weighted by Crippen LogP contribution is -2.27. The Morgan fingerprint density at radius 3 is 1.81 bits per heavy atom. The first-order valence-electron chi connectivity index (χ1n) is 7.64. The highest BCUT2D eigenvalue weighted by Gasteiger charge is 2.36. The Balaban J connectivity index is 1.75. The Kier molecular flexibility index (Phi) is 3.51. The fourth-order valence-corrected chi connectivity index (χ4v) is 9.96. The van der Waals surface area contributed by atoms with Crippen LogP contribution in [-0.2, 0) is 0 Å². The molecule has 0 aromatic heterocycles. The van der Waals surface area contributed by atoms with Crippen LogP contribution in [0.2, 0.25) is 11.1 Å². The molecule has 0 unspecified atom stereocenters. The number of allylic oxidation sites excluding steroid dienone is 2. The van der Waals surface area contributed by atoms with Gasteiger partial charge >= 0.3 is 0 Å². The van der Waals surface area contributed by atoms with Crippen molar-refractivity contribution in [3.8, 4) is 0 Å². The zero-order valence-corrected chi connectivity index (χ0v) is 11.7. The molecule has 1 heteroatoms. The summed E-state index contributed by atoms with van der Waals surface area (Å²) < 4.78 is 0. The molecule has 0 spiro atoms. The Hall–Kier alpha value is -0.0431. The topological polar surface area (TPSA) is 0 Å². The van der Waals surface area contributed by atoms with Crippen molar-refractivity contribution in [2.75, 3.05) is 0 Å². The molecule has 0 nitrogen and oxygen atoms in total. The van der Waals surface area contributed by atoms with Gasteiger partial charge < -0.3 is 0 Å². The second-order valence-electron chi connectivity index (χ2n) is 6.29. The summed E-state index contributed by atoms with van der Waals surface area (Å²) in [6.45, 7) is 0. The highest BCUT2D eigenvalue weighted by molar-refractivity contribution is 6.69. The minimum atomic E-state index is -0.530. The van der Waals surface area contributed by atoms with E-state index in [0.29, 0.717) is 0 Å². The lowest BCUT2D eigenvalue weighted by molar-refractivity contribution is 0.771. The Morgan fingerprint density at radius 1 is 0.812 bits per heavy atom. The van der Waals surface area contributed by atoms with Gasteiger partial charge in [-0.3, -0.25) is 0 Å². The Bertz CT molecular complexity index is 241. The maximum Gasteiger partial charge on any atom is 0.0713 e. The highest BCUT2D eigenvalue weighted by atomic mass is 28.3. The second kappa shape index (κ2) is 5.08. The van der Waals surface area contributed by atoms with E-state index in [-0.39, 0.29) is 0 Å². The Labute approximate surface area is 102 Å². The van der Waals surface area contributed by atoms with Crippen LogP contribution in [-0.4, -0.2) is 8.80 Å². The number of hydrogen-bond donors (Lipinski definition) is 0. The van der Waals surface area contributed by atoms with Crippen LogP contribution in [0.4, 0.5) is 0 Å². The molecule has 0 saturated heterocycles. The third-order valence-corrected chi connectivity index (χ3v) is 10.1. The van der Waals surface area contributed by atoms with Crippen molar-refractivity contribution in [3.05, 3.63) is 11.3 Å².